The molecule has 2 aliphatic rings. The molecule has 2 saturated heterocycles. The number of anilines is 1. The third kappa shape index (κ3) is 2.85. The number of carbonyl (C=O) groups excluding carboxylic acids is 1. The highest BCUT2D eigenvalue weighted by atomic mass is 16.1. The highest BCUT2D eigenvalue weighted by molar-refractivity contribution is 5.95. The van der Waals surface area contributed by atoms with Gasteiger partial charge in [0, 0.05) is 37.1 Å². The van der Waals surface area contributed by atoms with Gasteiger partial charge in [-0.15, -0.1) is 0 Å². The number of hydrogen-bond donors (Lipinski definition) is 2. The van der Waals surface area contributed by atoms with Gasteiger partial charge < -0.3 is 16.0 Å². The first kappa shape index (κ1) is 14.3. The van der Waals surface area contributed by atoms with Crippen LogP contribution in [-0.2, 0) is 0 Å². The number of fused-ring (bicyclic) bond motifs is 2. The molecule has 2 atom stereocenters. The van der Waals surface area contributed by atoms with Crippen LogP contribution < -0.4 is 16.0 Å². The first-order valence-electron chi connectivity index (χ1n) is 7.82. The molecule has 2 fully saturated rings. The van der Waals surface area contributed by atoms with Crippen LogP contribution in [0, 0.1) is 0 Å². The van der Waals surface area contributed by atoms with E-state index in [1.165, 1.54) is 19.0 Å². The zero-order chi connectivity index (χ0) is 14.8. The Morgan fingerprint density at radius 3 is 2.62 bits per heavy atom. The number of hydrogen-bond acceptors (Lipinski definition) is 5. The van der Waals surface area contributed by atoms with E-state index in [1.807, 2.05) is 0 Å². The van der Waals surface area contributed by atoms with Crippen LogP contribution >= 0.6 is 0 Å². The molecule has 0 aliphatic carbocycles. The summed E-state index contributed by atoms with van der Waals surface area (Å²) in [5.74, 6) is 0.147. The van der Waals surface area contributed by atoms with Gasteiger partial charge in [0.25, 0.3) is 5.91 Å². The molecule has 1 aromatic heterocycles. The highest BCUT2D eigenvalue weighted by Crippen LogP contribution is 2.32. The predicted molar refractivity (Wildman–Crippen MR) is 81.2 cm³/mol. The molecule has 3 heterocycles. The molecule has 3 rings (SSSR count). The SMILES string of the molecule is CCCN(c1nccnc1C(N)=O)C1CC2CCC(C1)N2. The predicted octanol–water partition coefficient (Wildman–Crippen LogP) is 1.07. The van der Waals surface area contributed by atoms with E-state index in [9.17, 15) is 4.79 Å². The molecule has 6 heteroatoms. The van der Waals surface area contributed by atoms with Gasteiger partial charge in [-0.25, -0.2) is 9.97 Å². The number of amides is 1. The van der Waals surface area contributed by atoms with Crippen LogP contribution in [-0.4, -0.2) is 40.5 Å². The lowest BCUT2D eigenvalue weighted by Gasteiger charge is -2.38. The van der Waals surface area contributed by atoms with Gasteiger partial charge in [-0.05, 0) is 32.1 Å². The third-order valence-corrected chi connectivity index (χ3v) is 4.54. The minimum absolute atomic E-state index is 0.289. The summed E-state index contributed by atoms with van der Waals surface area (Å²) in [7, 11) is 0. The molecule has 21 heavy (non-hydrogen) atoms. The maximum atomic E-state index is 11.6. The second-order valence-corrected chi connectivity index (χ2v) is 6.05. The van der Waals surface area contributed by atoms with Crippen molar-refractivity contribution >= 4 is 11.7 Å². The van der Waals surface area contributed by atoms with Crippen molar-refractivity contribution in [2.45, 2.75) is 57.2 Å². The fourth-order valence-corrected chi connectivity index (χ4v) is 3.70. The van der Waals surface area contributed by atoms with Crippen molar-refractivity contribution in [3.05, 3.63) is 18.1 Å². The summed E-state index contributed by atoms with van der Waals surface area (Å²) < 4.78 is 0. The highest BCUT2D eigenvalue weighted by Gasteiger charge is 2.37. The van der Waals surface area contributed by atoms with Gasteiger partial charge in [0.05, 0.1) is 0 Å². The Bertz CT molecular complexity index is 509. The molecule has 0 spiro atoms. The van der Waals surface area contributed by atoms with Gasteiger partial charge in [0.15, 0.2) is 11.5 Å². The van der Waals surface area contributed by atoms with Crippen LogP contribution in [0.25, 0.3) is 0 Å². The monoisotopic (exact) mass is 289 g/mol. The molecule has 114 valence electrons. The summed E-state index contributed by atoms with van der Waals surface area (Å²) in [4.78, 5) is 22.4. The molecule has 0 saturated carbocycles. The Balaban J connectivity index is 1.89. The Morgan fingerprint density at radius 2 is 2.00 bits per heavy atom. The fraction of sp³-hybridized carbons (Fsp3) is 0.667. The van der Waals surface area contributed by atoms with Gasteiger partial charge in [-0.1, -0.05) is 6.92 Å². The number of primary amides is 1. The standard InChI is InChI=1S/C15H23N5O/c1-2-7-20(12-8-10-3-4-11(9-12)19-10)15-13(14(16)21)17-5-6-18-15/h5-6,10-12,19H,2-4,7-9H2,1H3,(H2,16,21). The summed E-state index contributed by atoms with van der Waals surface area (Å²) in [6.07, 6.45) is 8.89. The lowest BCUT2D eigenvalue weighted by atomic mass is 9.97. The van der Waals surface area contributed by atoms with Crippen LogP contribution in [0.15, 0.2) is 12.4 Å². The van der Waals surface area contributed by atoms with Crippen LogP contribution in [0.5, 0.6) is 0 Å². The second-order valence-electron chi connectivity index (χ2n) is 6.05. The van der Waals surface area contributed by atoms with Crippen molar-refractivity contribution in [2.24, 2.45) is 5.73 Å². The van der Waals surface area contributed by atoms with E-state index in [-0.39, 0.29) is 5.69 Å². The normalized spacial score (nSPS) is 27.6. The quantitative estimate of drug-likeness (QED) is 0.847. The number of nitrogens with two attached hydrogens (primary N) is 1. The molecular weight excluding hydrogens is 266 g/mol. The van der Waals surface area contributed by atoms with Crippen molar-refractivity contribution in [3.8, 4) is 0 Å². The second kappa shape index (κ2) is 5.97. The topological polar surface area (TPSA) is 84.1 Å². The lowest BCUT2D eigenvalue weighted by Crippen LogP contribution is -2.49. The molecule has 2 unspecified atom stereocenters. The van der Waals surface area contributed by atoms with Crippen LogP contribution in [0.3, 0.4) is 0 Å². The minimum Gasteiger partial charge on any atom is -0.364 e. The van der Waals surface area contributed by atoms with E-state index < -0.39 is 5.91 Å². The summed E-state index contributed by atoms with van der Waals surface area (Å²) >= 11 is 0. The third-order valence-electron chi connectivity index (χ3n) is 4.54. The summed E-state index contributed by atoms with van der Waals surface area (Å²) in [6.45, 7) is 3.02. The zero-order valence-corrected chi connectivity index (χ0v) is 12.5. The van der Waals surface area contributed by atoms with E-state index in [4.69, 9.17) is 5.73 Å². The lowest BCUT2D eigenvalue weighted by molar-refractivity contribution is 0.0995. The summed E-state index contributed by atoms with van der Waals surface area (Å²) in [5.41, 5.74) is 5.75. The zero-order valence-electron chi connectivity index (χ0n) is 12.5. The van der Waals surface area contributed by atoms with E-state index in [0.717, 1.165) is 25.8 Å². The van der Waals surface area contributed by atoms with Crippen molar-refractivity contribution in [2.75, 3.05) is 11.4 Å². The molecule has 2 aliphatic heterocycles. The molecule has 0 radical (unpaired) electrons. The van der Waals surface area contributed by atoms with Crippen molar-refractivity contribution < 1.29 is 4.79 Å². The molecular formula is C15H23N5O. The van der Waals surface area contributed by atoms with E-state index >= 15 is 0 Å². The minimum atomic E-state index is -0.504. The van der Waals surface area contributed by atoms with Crippen LogP contribution in [0.2, 0.25) is 0 Å². The first-order valence-corrected chi connectivity index (χ1v) is 7.82. The number of piperidine rings is 1. The van der Waals surface area contributed by atoms with Gasteiger partial charge >= 0.3 is 0 Å². The molecule has 3 N–H and O–H groups in total. The Labute approximate surface area is 125 Å². The van der Waals surface area contributed by atoms with Gasteiger partial charge in [0.2, 0.25) is 0 Å². The first-order chi connectivity index (χ1) is 10.2. The molecule has 0 aromatic carbocycles. The maximum absolute atomic E-state index is 11.6. The maximum Gasteiger partial charge on any atom is 0.271 e. The number of aromatic nitrogens is 2. The smallest absolute Gasteiger partial charge is 0.271 e. The Kier molecular flexibility index (Phi) is 4.05. The number of nitrogens with one attached hydrogen (secondary N) is 1. The number of rotatable bonds is 5. The summed E-state index contributed by atoms with van der Waals surface area (Å²) in [5, 5.41) is 3.65. The molecule has 1 aromatic rings. The Hall–Kier alpha value is -1.69. The van der Waals surface area contributed by atoms with Crippen molar-refractivity contribution in [3.63, 3.8) is 0 Å². The Morgan fingerprint density at radius 1 is 1.33 bits per heavy atom. The molecule has 6 nitrogen and oxygen atoms in total. The molecule has 1 amide bonds. The number of nitrogens with zero attached hydrogens (tertiary/aromatic N) is 3. The van der Waals surface area contributed by atoms with E-state index in [2.05, 4.69) is 27.1 Å². The van der Waals surface area contributed by atoms with Crippen LogP contribution in [0.4, 0.5) is 5.82 Å². The van der Waals surface area contributed by atoms with Gasteiger partial charge in [-0.3, -0.25) is 4.79 Å². The van der Waals surface area contributed by atoms with Crippen molar-refractivity contribution in [1.29, 1.82) is 0 Å². The van der Waals surface area contributed by atoms with E-state index in [0.29, 0.717) is 23.9 Å². The number of carbonyl (C=O) groups is 1. The largest absolute Gasteiger partial charge is 0.364 e. The van der Waals surface area contributed by atoms with Crippen LogP contribution in [0.1, 0.15) is 49.5 Å². The summed E-state index contributed by atoms with van der Waals surface area (Å²) in [6, 6.07) is 1.61. The molecule has 2 bridgehead atoms. The van der Waals surface area contributed by atoms with E-state index in [1.54, 1.807) is 6.20 Å². The van der Waals surface area contributed by atoms with Gasteiger partial charge in [0.1, 0.15) is 0 Å². The van der Waals surface area contributed by atoms with Gasteiger partial charge in [-0.2, -0.15) is 0 Å². The fourth-order valence-electron chi connectivity index (χ4n) is 3.70. The average Bonchev–Trinajstić information content (AvgIpc) is 2.83. The average molecular weight is 289 g/mol. The van der Waals surface area contributed by atoms with Crippen molar-refractivity contribution in [1.82, 2.24) is 15.3 Å².